The van der Waals surface area contributed by atoms with Crippen molar-refractivity contribution in [1.82, 2.24) is 9.88 Å². The van der Waals surface area contributed by atoms with Gasteiger partial charge < -0.3 is 0 Å². The van der Waals surface area contributed by atoms with Crippen molar-refractivity contribution in [2.75, 3.05) is 13.1 Å². The van der Waals surface area contributed by atoms with Crippen LogP contribution in [0.2, 0.25) is 0 Å². The number of benzene rings is 1. The quantitative estimate of drug-likeness (QED) is 0.685. The Balaban J connectivity index is 1.62. The lowest BCUT2D eigenvalue weighted by molar-refractivity contribution is -0.137. The van der Waals surface area contributed by atoms with Gasteiger partial charge in [-0.05, 0) is 55.1 Å². The van der Waals surface area contributed by atoms with E-state index in [2.05, 4.69) is 23.7 Å². The number of nitrogens with zero attached hydrogens (tertiary/aromatic N) is 2. The van der Waals surface area contributed by atoms with Crippen LogP contribution in [0.25, 0.3) is 11.3 Å². The van der Waals surface area contributed by atoms with E-state index in [-0.39, 0.29) is 0 Å². The molecule has 2 nitrogen and oxygen atoms in total. The molecule has 2 heterocycles. The van der Waals surface area contributed by atoms with Gasteiger partial charge in [0.2, 0.25) is 0 Å². The van der Waals surface area contributed by atoms with Crippen molar-refractivity contribution < 1.29 is 13.2 Å². The molecule has 0 atom stereocenters. The standard InChI is InChI=1S/C21H25F3N2/c1-3-20(2)10-12-26(13-11-20)15-16-4-9-19(25-14-16)17-5-7-18(8-6-17)21(22,23)24/h4-9,14H,3,10-13,15H2,1-2H3. The summed E-state index contributed by atoms with van der Waals surface area (Å²) in [5.41, 5.74) is 2.37. The Labute approximate surface area is 153 Å². The molecule has 0 radical (unpaired) electrons. The fourth-order valence-electron chi connectivity index (χ4n) is 3.38. The third kappa shape index (κ3) is 4.44. The van der Waals surface area contributed by atoms with Gasteiger partial charge in [0.1, 0.15) is 0 Å². The van der Waals surface area contributed by atoms with E-state index in [1.54, 1.807) is 0 Å². The zero-order valence-electron chi connectivity index (χ0n) is 15.3. The Morgan fingerprint density at radius 1 is 1.04 bits per heavy atom. The summed E-state index contributed by atoms with van der Waals surface area (Å²) in [6.45, 7) is 7.71. The maximum absolute atomic E-state index is 12.6. The molecule has 0 unspecified atom stereocenters. The second kappa shape index (κ2) is 7.39. The Bertz CT molecular complexity index is 712. The largest absolute Gasteiger partial charge is 0.416 e. The van der Waals surface area contributed by atoms with Crippen LogP contribution in [0.15, 0.2) is 42.6 Å². The second-order valence-electron chi connectivity index (χ2n) is 7.57. The zero-order chi connectivity index (χ0) is 18.8. The first kappa shape index (κ1) is 18.9. The highest BCUT2D eigenvalue weighted by Crippen LogP contribution is 2.34. The molecular formula is C21H25F3N2. The molecule has 1 saturated heterocycles. The molecule has 26 heavy (non-hydrogen) atoms. The number of likely N-dealkylation sites (tertiary alicyclic amines) is 1. The summed E-state index contributed by atoms with van der Waals surface area (Å²) in [6, 6.07) is 9.06. The summed E-state index contributed by atoms with van der Waals surface area (Å²) in [5.74, 6) is 0. The van der Waals surface area contributed by atoms with Gasteiger partial charge in [0.05, 0.1) is 11.3 Å². The number of pyridine rings is 1. The smallest absolute Gasteiger partial charge is 0.299 e. The first-order valence-corrected chi connectivity index (χ1v) is 9.14. The fourth-order valence-corrected chi connectivity index (χ4v) is 3.38. The van der Waals surface area contributed by atoms with Crippen LogP contribution in [-0.4, -0.2) is 23.0 Å². The van der Waals surface area contributed by atoms with E-state index in [0.717, 1.165) is 37.3 Å². The van der Waals surface area contributed by atoms with Crippen LogP contribution in [0.5, 0.6) is 0 Å². The predicted molar refractivity (Wildman–Crippen MR) is 97.6 cm³/mol. The summed E-state index contributed by atoms with van der Waals surface area (Å²) in [5, 5.41) is 0. The van der Waals surface area contributed by atoms with Gasteiger partial charge in [-0.1, -0.05) is 38.5 Å². The van der Waals surface area contributed by atoms with Crippen LogP contribution < -0.4 is 0 Å². The summed E-state index contributed by atoms with van der Waals surface area (Å²) < 4.78 is 37.9. The normalized spacial score (nSPS) is 18.0. The maximum Gasteiger partial charge on any atom is 0.416 e. The molecule has 0 spiro atoms. The van der Waals surface area contributed by atoms with Crippen molar-refractivity contribution in [2.24, 2.45) is 5.41 Å². The van der Waals surface area contributed by atoms with Crippen molar-refractivity contribution in [3.63, 3.8) is 0 Å². The minimum absolute atomic E-state index is 0.473. The SMILES string of the molecule is CCC1(C)CCN(Cc2ccc(-c3ccc(C(F)(F)F)cc3)nc2)CC1. The zero-order valence-corrected chi connectivity index (χ0v) is 15.3. The van der Waals surface area contributed by atoms with E-state index >= 15 is 0 Å². The molecule has 140 valence electrons. The van der Waals surface area contributed by atoms with E-state index in [4.69, 9.17) is 0 Å². The highest BCUT2D eigenvalue weighted by molar-refractivity contribution is 5.59. The molecule has 0 saturated carbocycles. The van der Waals surface area contributed by atoms with Gasteiger partial charge in [-0.2, -0.15) is 13.2 Å². The molecule has 2 aromatic rings. The van der Waals surface area contributed by atoms with Gasteiger partial charge in [-0.15, -0.1) is 0 Å². The van der Waals surface area contributed by atoms with E-state index in [1.807, 2.05) is 18.3 Å². The Kier molecular flexibility index (Phi) is 5.37. The lowest BCUT2D eigenvalue weighted by Crippen LogP contribution is -2.37. The van der Waals surface area contributed by atoms with Gasteiger partial charge >= 0.3 is 6.18 Å². The molecule has 3 rings (SSSR count). The van der Waals surface area contributed by atoms with Gasteiger partial charge in [0.25, 0.3) is 0 Å². The van der Waals surface area contributed by atoms with Crippen molar-refractivity contribution in [2.45, 2.75) is 45.8 Å². The van der Waals surface area contributed by atoms with Crippen LogP contribution in [0.3, 0.4) is 0 Å². The minimum Gasteiger partial charge on any atom is -0.299 e. The molecule has 1 fully saturated rings. The van der Waals surface area contributed by atoms with Crippen LogP contribution in [0.4, 0.5) is 13.2 Å². The van der Waals surface area contributed by atoms with Crippen LogP contribution >= 0.6 is 0 Å². The maximum atomic E-state index is 12.6. The van der Waals surface area contributed by atoms with Gasteiger partial charge in [0.15, 0.2) is 0 Å². The summed E-state index contributed by atoms with van der Waals surface area (Å²) in [6.07, 6.45) is 1.20. The first-order valence-electron chi connectivity index (χ1n) is 9.14. The van der Waals surface area contributed by atoms with E-state index in [1.165, 1.54) is 31.4 Å². The average Bonchev–Trinajstić information content (AvgIpc) is 2.64. The molecular weight excluding hydrogens is 337 g/mol. The van der Waals surface area contributed by atoms with Crippen molar-refractivity contribution in [3.05, 3.63) is 53.7 Å². The Morgan fingerprint density at radius 2 is 1.69 bits per heavy atom. The van der Waals surface area contributed by atoms with Gasteiger partial charge in [-0.25, -0.2) is 0 Å². The molecule has 1 aromatic carbocycles. The number of rotatable bonds is 4. The van der Waals surface area contributed by atoms with E-state index in [0.29, 0.717) is 16.7 Å². The predicted octanol–water partition coefficient (Wildman–Crippen LogP) is 5.78. The number of aromatic nitrogens is 1. The first-order chi connectivity index (χ1) is 12.3. The van der Waals surface area contributed by atoms with Crippen LogP contribution in [-0.2, 0) is 12.7 Å². The molecule has 0 aliphatic carbocycles. The third-order valence-corrected chi connectivity index (χ3v) is 5.66. The highest BCUT2D eigenvalue weighted by atomic mass is 19.4. The number of hydrogen-bond donors (Lipinski definition) is 0. The summed E-state index contributed by atoms with van der Waals surface area (Å²) in [4.78, 5) is 6.89. The number of hydrogen-bond acceptors (Lipinski definition) is 2. The Morgan fingerprint density at radius 3 is 2.19 bits per heavy atom. The molecule has 0 bridgehead atoms. The van der Waals surface area contributed by atoms with E-state index in [9.17, 15) is 13.2 Å². The molecule has 5 heteroatoms. The second-order valence-corrected chi connectivity index (χ2v) is 7.57. The lowest BCUT2D eigenvalue weighted by Gasteiger charge is -2.38. The monoisotopic (exact) mass is 362 g/mol. The lowest BCUT2D eigenvalue weighted by atomic mass is 9.78. The van der Waals surface area contributed by atoms with Crippen LogP contribution in [0.1, 0.15) is 44.2 Å². The summed E-state index contributed by atoms with van der Waals surface area (Å²) in [7, 11) is 0. The Hall–Kier alpha value is -1.88. The van der Waals surface area contributed by atoms with Gasteiger partial charge in [-0.3, -0.25) is 9.88 Å². The highest BCUT2D eigenvalue weighted by Gasteiger charge is 2.30. The topological polar surface area (TPSA) is 16.1 Å². The molecule has 1 aliphatic heterocycles. The van der Waals surface area contributed by atoms with Crippen molar-refractivity contribution in [3.8, 4) is 11.3 Å². The van der Waals surface area contributed by atoms with Gasteiger partial charge in [0, 0.05) is 18.3 Å². The number of halogens is 3. The fraction of sp³-hybridized carbons (Fsp3) is 0.476. The van der Waals surface area contributed by atoms with Crippen molar-refractivity contribution in [1.29, 1.82) is 0 Å². The minimum atomic E-state index is -4.31. The molecule has 0 amide bonds. The number of piperidine rings is 1. The van der Waals surface area contributed by atoms with Crippen LogP contribution in [0, 0.1) is 5.41 Å². The van der Waals surface area contributed by atoms with E-state index < -0.39 is 11.7 Å². The summed E-state index contributed by atoms with van der Waals surface area (Å²) >= 11 is 0. The average molecular weight is 362 g/mol. The third-order valence-electron chi connectivity index (χ3n) is 5.66. The van der Waals surface area contributed by atoms with Crippen molar-refractivity contribution >= 4 is 0 Å². The molecule has 0 N–H and O–H groups in total. The molecule has 1 aliphatic rings. The molecule has 1 aromatic heterocycles. The number of alkyl halides is 3.